The van der Waals surface area contributed by atoms with Crippen molar-refractivity contribution < 1.29 is 9.18 Å². The van der Waals surface area contributed by atoms with Crippen molar-refractivity contribution in [3.05, 3.63) is 57.6 Å². The van der Waals surface area contributed by atoms with Crippen molar-refractivity contribution in [1.82, 2.24) is 10.3 Å². The molecule has 2 rings (SSSR count). The Hall–Kier alpha value is -1.81. The minimum Gasteiger partial charge on any atom is -0.354 e. The zero-order valence-corrected chi connectivity index (χ0v) is 11.4. The second kappa shape index (κ2) is 5.45. The average molecular weight is 281 g/mol. The smallest absolute Gasteiger partial charge is 0.268 e. The fraction of sp³-hybridized carbons (Fsp3) is 0.214. The Balaban J connectivity index is 2.11. The number of carbonyl (C=O) groups is 1. The number of benzene rings is 1. The summed E-state index contributed by atoms with van der Waals surface area (Å²) < 4.78 is 13.5. The van der Waals surface area contributed by atoms with Crippen LogP contribution in [0, 0.1) is 19.7 Å². The molecule has 0 saturated heterocycles. The fourth-order valence-corrected chi connectivity index (χ4v) is 2.15. The molecule has 0 saturated carbocycles. The Labute approximate surface area is 115 Å². The lowest BCUT2D eigenvalue weighted by atomic mass is 10.2. The molecule has 3 nitrogen and oxygen atoms in total. The van der Waals surface area contributed by atoms with Gasteiger partial charge < -0.3 is 10.3 Å². The van der Waals surface area contributed by atoms with Crippen LogP contribution in [0.3, 0.4) is 0 Å². The Kier molecular flexibility index (Phi) is 3.90. The van der Waals surface area contributed by atoms with Crippen LogP contribution in [0.5, 0.6) is 0 Å². The molecule has 0 spiro atoms. The van der Waals surface area contributed by atoms with Crippen molar-refractivity contribution in [3.8, 4) is 0 Å². The summed E-state index contributed by atoms with van der Waals surface area (Å²) in [5.74, 6) is -0.697. The minimum absolute atomic E-state index is 0.0574. The standard InChI is InChI=1S/C14H14ClFN2O/c1-8-6-9(2)18-13(8)14(19)17-7-10-11(15)4-3-5-12(10)16/h3-6,18H,7H2,1-2H3,(H,17,19). The SMILES string of the molecule is Cc1cc(C)c(C(=O)NCc2c(F)cccc2Cl)[nH]1. The highest BCUT2D eigenvalue weighted by molar-refractivity contribution is 6.31. The van der Waals surface area contributed by atoms with Crippen LogP contribution >= 0.6 is 11.6 Å². The van der Waals surface area contributed by atoms with E-state index in [1.54, 1.807) is 6.07 Å². The first-order valence-corrected chi connectivity index (χ1v) is 6.24. The van der Waals surface area contributed by atoms with Crippen LogP contribution in [0.4, 0.5) is 4.39 Å². The van der Waals surface area contributed by atoms with E-state index in [1.165, 1.54) is 12.1 Å². The van der Waals surface area contributed by atoms with Crippen LogP contribution in [0.25, 0.3) is 0 Å². The molecule has 0 aliphatic rings. The summed E-state index contributed by atoms with van der Waals surface area (Å²) in [6.45, 7) is 3.77. The van der Waals surface area contributed by atoms with Crippen LogP contribution < -0.4 is 5.32 Å². The topological polar surface area (TPSA) is 44.9 Å². The molecule has 2 aromatic rings. The third-order valence-corrected chi connectivity index (χ3v) is 3.22. The molecule has 0 unspecified atom stereocenters. The first-order chi connectivity index (χ1) is 8.99. The molecule has 0 atom stereocenters. The highest BCUT2D eigenvalue weighted by atomic mass is 35.5. The Morgan fingerprint density at radius 1 is 1.42 bits per heavy atom. The van der Waals surface area contributed by atoms with Gasteiger partial charge in [-0.15, -0.1) is 0 Å². The van der Waals surface area contributed by atoms with Crippen molar-refractivity contribution in [2.75, 3.05) is 0 Å². The van der Waals surface area contributed by atoms with Gasteiger partial charge in [0, 0.05) is 22.8 Å². The molecule has 1 aromatic heterocycles. The molecule has 1 amide bonds. The molecule has 100 valence electrons. The van der Waals surface area contributed by atoms with Crippen LogP contribution in [0.15, 0.2) is 24.3 Å². The van der Waals surface area contributed by atoms with Crippen molar-refractivity contribution in [2.24, 2.45) is 0 Å². The maximum absolute atomic E-state index is 13.5. The number of nitrogens with one attached hydrogen (secondary N) is 2. The monoisotopic (exact) mass is 280 g/mol. The number of hydrogen-bond acceptors (Lipinski definition) is 1. The second-order valence-corrected chi connectivity index (χ2v) is 4.80. The van der Waals surface area contributed by atoms with E-state index >= 15 is 0 Å². The summed E-state index contributed by atoms with van der Waals surface area (Å²) in [4.78, 5) is 14.9. The number of carbonyl (C=O) groups excluding carboxylic acids is 1. The molecule has 2 N–H and O–H groups in total. The van der Waals surface area contributed by atoms with Gasteiger partial charge in [0.1, 0.15) is 11.5 Å². The molecule has 19 heavy (non-hydrogen) atoms. The second-order valence-electron chi connectivity index (χ2n) is 4.39. The van der Waals surface area contributed by atoms with Crippen molar-refractivity contribution in [3.63, 3.8) is 0 Å². The first kappa shape index (κ1) is 13.6. The van der Waals surface area contributed by atoms with E-state index in [0.29, 0.717) is 16.3 Å². The van der Waals surface area contributed by atoms with Crippen molar-refractivity contribution in [2.45, 2.75) is 20.4 Å². The van der Waals surface area contributed by atoms with Gasteiger partial charge in [-0.1, -0.05) is 17.7 Å². The van der Waals surface area contributed by atoms with Gasteiger partial charge in [-0.2, -0.15) is 0 Å². The highest BCUT2D eigenvalue weighted by Crippen LogP contribution is 2.18. The molecule has 0 radical (unpaired) electrons. The van der Waals surface area contributed by atoms with Gasteiger partial charge in [0.05, 0.1) is 0 Å². The number of H-pyrrole nitrogens is 1. The number of hydrogen-bond donors (Lipinski definition) is 2. The van der Waals surface area contributed by atoms with E-state index in [4.69, 9.17) is 11.6 Å². The fourth-order valence-electron chi connectivity index (χ4n) is 1.92. The number of aryl methyl sites for hydroxylation is 2. The Bertz CT molecular complexity index is 602. The van der Waals surface area contributed by atoms with E-state index in [1.807, 2.05) is 19.9 Å². The van der Waals surface area contributed by atoms with E-state index in [0.717, 1.165) is 11.3 Å². The molecule has 1 aromatic carbocycles. The van der Waals surface area contributed by atoms with Gasteiger partial charge in [-0.3, -0.25) is 4.79 Å². The van der Waals surface area contributed by atoms with E-state index < -0.39 is 5.82 Å². The van der Waals surface area contributed by atoms with E-state index in [-0.39, 0.29) is 12.5 Å². The normalized spacial score (nSPS) is 10.5. The molecular weight excluding hydrogens is 267 g/mol. The average Bonchev–Trinajstić information content (AvgIpc) is 2.67. The summed E-state index contributed by atoms with van der Waals surface area (Å²) in [7, 11) is 0. The molecule has 0 fully saturated rings. The van der Waals surface area contributed by atoms with Gasteiger partial charge in [-0.25, -0.2) is 4.39 Å². The van der Waals surface area contributed by atoms with Crippen LogP contribution in [-0.2, 0) is 6.54 Å². The maximum Gasteiger partial charge on any atom is 0.268 e. The van der Waals surface area contributed by atoms with E-state index in [2.05, 4.69) is 10.3 Å². The summed E-state index contributed by atoms with van der Waals surface area (Å²) in [6, 6.07) is 6.32. The minimum atomic E-state index is -0.424. The summed E-state index contributed by atoms with van der Waals surface area (Å²) in [6.07, 6.45) is 0. The molecule has 0 bridgehead atoms. The zero-order valence-electron chi connectivity index (χ0n) is 10.7. The maximum atomic E-state index is 13.5. The largest absolute Gasteiger partial charge is 0.354 e. The number of aromatic nitrogens is 1. The first-order valence-electron chi connectivity index (χ1n) is 5.86. The van der Waals surface area contributed by atoms with Gasteiger partial charge in [0.15, 0.2) is 0 Å². The van der Waals surface area contributed by atoms with Gasteiger partial charge in [0.2, 0.25) is 0 Å². The third-order valence-electron chi connectivity index (χ3n) is 2.86. The lowest BCUT2D eigenvalue weighted by Crippen LogP contribution is -2.24. The van der Waals surface area contributed by atoms with Crippen LogP contribution in [-0.4, -0.2) is 10.9 Å². The highest BCUT2D eigenvalue weighted by Gasteiger charge is 2.13. The molecule has 5 heteroatoms. The number of aromatic amines is 1. The lowest BCUT2D eigenvalue weighted by molar-refractivity contribution is 0.0945. The Morgan fingerprint density at radius 3 is 2.74 bits per heavy atom. The molecular formula is C14H14ClFN2O. The lowest BCUT2D eigenvalue weighted by Gasteiger charge is -2.07. The summed E-state index contributed by atoms with van der Waals surface area (Å²) in [5, 5.41) is 2.96. The third kappa shape index (κ3) is 2.96. The zero-order chi connectivity index (χ0) is 14.0. The van der Waals surface area contributed by atoms with Gasteiger partial charge in [-0.05, 0) is 37.6 Å². The van der Waals surface area contributed by atoms with Crippen LogP contribution in [0.1, 0.15) is 27.3 Å². The molecule has 0 aliphatic heterocycles. The Morgan fingerprint density at radius 2 is 2.16 bits per heavy atom. The van der Waals surface area contributed by atoms with Crippen molar-refractivity contribution in [1.29, 1.82) is 0 Å². The predicted octanol–water partition coefficient (Wildman–Crippen LogP) is 3.35. The van der Waals surface area contributed by atoms with Gasteiger partial charge in [0.25, 0.3) is 5.91 Å². The molecule has 0 aliphatic carbocycles. The summed E-state index contributed by atoms with van der Waals surface area (Å²) >= 11 is 5.90. The summed E-state index contributed by atoms with van der Waals surface area (Å²) in [5.41, 5.74) is 2.55. The van der Waals surface area contributed by atoms with Gasteiger partial charge >= 0.3 is 0 Å². The predicted molar refractivity (Wildman–Crippen MR) is 72.8 cm³/mol. The number of rotatable bonds is 3. The quantitative estimate of drug-likeness (QED) is 0.890. The number of amides is 1. The van der Waals surface area contributed by atoms with Crippen LogP contribution in [0.2, 0.25) is 5.02 Å². The number of halogens is 2. The van der Waals surface area contributed by atoms with Crippen molar-refractivity contribution >= 4 is 17.5 Å². The molecule has 1 heterocycles. The van der Waals surface area contributed by atoms with E-state index in [9.17, 15) is 9.18 Å².